The van der Waals surface area contributed by atoms with Crippen LogP contribution in [0.1, 0.15) is 52.9 Å². The van der Waals surface area contributed by atoms with Crippen molar-refractivity contribution >= 4 is 29.7 Å². The number of aliphatic hydroxyl groups excluding tert-OH is 1. The van der Waals surface area contributed by atoms with Crippen molar-refractivity contribution in [3.63, 3.8) is 0 Å². The highest BCUT2D eigenvalue weighted by Gasteiger charge is 2.33. The second kappa shape index (κ2) is 15.1. The molecule has 0 aromatic carbocycles. The highest BCUT2D eigenvalue weighted by atomic mass is 16.4. The van der Waals surface area contributed by atoms with Crippen LogP contribution in [0.4, 0.5) is 0 Å². The van der Waals surface area contributed by atoms with Gasteiger partial charge in [0.05, 0.1) is 12.1 Å². The van der Waals surface area contributed by atoms with Gasteiger partial charge in [0.1, 0.15) is 18.1 Å². The Bertz CT molecular complexity index is 685. The normalized spacial score (nSPS) is 15.6. The highest BCUT2D eigenvalue weighted by molar-refractivity contribution is 5.94. The summed E-state index contributed by atoms with van der Waals surface area (Å²) in [7, 11) is 0. The smallest absolute Gasteiger partial charge is 0.326 e. The van der Waals surface area contributed by atoms with E-state index >= 15 is 0 Å². The first kappa shape index (κ1) is 30.2. The lowest BCUT2D eigenvalue weighted by molar-refractivity contribution is -0.143. The van der Waals surface area contributed by atoms with Gasteiger partial charge in [-0.15, -0.1) is 0 Å². The molecule has 0 heterocycles. The number of nitrogens with two attached hydrogens (primary N) is 2. The largest absolute Gasteiger partial charge is 0.481 e. The molecule has 0 aliphatic carbocycles. The number of carboxylic acids is 2. The second-order valence-corrected chi connectivity index (χ2v) is 8.18. The van der Waals surface area contributed by atoms with Crippen LogP contribution in [0.25, 0.3) is 0 Å². The molecule has 3 amide bonds. The number of nitrogens with one attached hydrogen (secondary N) is 3. The quantitative estimate of drug-likeness (QED) is 0.113. The second-order valence-electron chi connectivity index (χ2n) is 8.18. The van der Waals surface area contributed by atoms with Gasteiger partial charge in [-0.2, -0.15) is 0 Å². The number of amides is 3. The minimum Gasteiger partial charge on any atom is -0.481 e. The Balaban J connectivity index is 5.26. The van der Waals surface area contributed by atoms with E-state index in [4.69, 9.17) is 16.6 Å². The first-order chi connectivity index (χ1) is 15.3. The van der Waals surface area contributed by atoms with Gasteiger partial charge in [0.2, 0.25) is 17.7 Å². The number of rotatable bonds is 16. The van der Waals surface area contributed by atoms with Crippen LogP contribution in [0.15, 0.2) is 0 Å². The molecule has 0 spiro atoms. The van der Waals surface area contributed by atoms with Crippen LogP contribution in [-0.2, 0) is 24.0 Å². The number of hydrogen-bond donors (Lipinski definition) is 8. The van der Waals surface area contributed by atoms with Gasteiger partial charge in [0, 0.05) is 6.42 Å². The van der Waals surface area contributed by atoms with Gasteiger partial charge in [0.15, 0.2) is 0 Å². The first-order valence-corrected chi connectivity index (χ1v) is 10.8. The van der Waals surface area contributed by atoms with Crippen molar-refractivity contribution in [2.45, 2.75) is 83.1 Å². The summed E-state index contributed by atoms with van der Waals surface area (Å²) < 4.78 is 0. The van der Waals surface area contributed by atoms with Gasteiger partial charge < -0.3 is 42.7 Å². The molecule has 5 atom stereocenters. The van der Waals surface area contributed by atoms with E-state index < -0.39 is 65.8 Å². The van der Waals surface area contributed by atoms with Gasteiger partial charge in [-0.25, -0.2) is 4.79 Å². The topological polar surface area (TPSA) is 234 Å². The average molecular weight is 476 g/mol. The van der Waals surface area contributed by atoms with Gasteiger partial charge in [-0.3, -0.25) is 19.2 Å². The van der Waals surface area contributed by atoms with E-state index in [-0.39, 0.29) is 19.3 Å². The van der Waals surface area contributed by atoms with Gasteiger partial charge in [-0.1, -0.05) is 13.8 Å². The summed E-state index contributed by atoms with van der Waals surface area (Å²) in [6, 6.07) is -5.00. The number of hydrogen-bond acceptors (Lipinski definition) is 8. The fourth-order valence-electron chi connectivity index (χ4n) is 2.87. The molecule has 13 heteroatoms. The molecule has 190 valence electrons. The third-order valence-corrected chi connectivity index (χ3v) is 4.88. The lowest BCUT2D eigenvalue weighted by Gasteiger charge is -2.28. The molecule has 0 fully saturated rings. The molecule has 0 aromatic rings. The monoisotopic (exact) mass is 475 g/mol. The van der Waals surface area contributed by atoms with Crippen LogP contribution >= 0.6 is 0 Å². The molecule has 5 unspecified atom stereocenters. The molecule has 13 nitrogen and oxygen atoms in total. The minimum absolute atomic E-state index is 0.123. The van der Waals surface area contributed by atoms with Gasteiger partial charge in [-0.05, 0) is 45.1 Å². The molecule has 33 heavy (non-hydrogen) atoms. The van der Waals surface area contributed by atoms with E-state index in [1.165, 1.54) is 6.92 Å². The van der Waals surface area contributed by atoms with Crippen molar-refractivity contribution in [1.29, 1.82) is 0 Å². The number of carboxylic acid groups (broad SMARTS) is 2. The fourth-order valence-corrected chi connectivity index (χ4v) is 2.87. The van der Waals surface area contributed by atoms with Crippen molar-refractivity contribution in [2.75, 3.05) is 6.54 Å². The highest BCUT2D eigenvalue weighted by Crippen LogP contribution is 2.07. The van der Waals surface area contributed by atoms with Crippen LogP contribution in [0.3, 0.4) is 0 Å². The summed E-state index contributed by atoms with van der Waals surface area (Å²) >= 11 is 0. The van der Waals surface area contributed by atoms with Crippen LogP contribution in [0, 0.1) is 5.92 Å². The SMILES string of the molecule is CC(C)C(NC(=O)C(N)CCC(=O)O)C(=O)NC(C(=O)NC(CCCCN)C(=O)O)C(C)O. The van der Waals surface area contributed by atoms with Gasteiger partial charge >= 0.3 is 11.9 Å². The van der Waals surface area contributed by atoms with Crippen LogP contribution in [0.2, 0.25) is 0 Å². The zero-order valence-electron chi connectivity index (χ0n) is 19.2. The Hall–Kier alpha value is -2.77. The third-order valence-electron chi connectivity index (χ3n) is 4.88. The Morgan fingerprint density at radius 1 is 0.818 bits per heavy atom. The Labute approximate surface area is 192 Å². The fraction of sp³-hybridized carbons (Fsp3) is 0.750. The summed E-state index contributed by atoms with van der Waals surface area (Å²) in [6.07, 6.45) is -0.671. The zero-order chi connectivity index (χ0) is 25.7. The molecular weight excluding hydrogens is 438 g/mol. The van der Waals surface area contributed by atoms with Crippen LogP contribution in [0.5, 0.6) is 0 Å². The maximum Gasteiger partial charge on any atom is 0.326 e. The maximum atomic E-state index is 12.8. The lowest BCUT2D eigenvalue weighted by Crippen LogP contribution is -2.60. The van der Waals surface area contributed by atoms with E-state index in [0.29, 0.717) is 19.4 Å². The van der Waals surface area contributed by atoms with Crippen molar-refractivity contribution in [2.24, 2.45) is 17.4 Å². The summed E-state index contributed by atoms with van der Waals surface area (Å²) in [4.78, 5) is 59.7. The van der Waals surface area contributed by atoms with E-state index in [2.05, 4.69) is 16.0 Å². The minimum atomic E-state index is -1.48. The molecule has 0 radical (unpaired) electrons. The summed E-state index contributed by atoms with van der Waals surface area (Å²) in [5, 5.41) is 35.1. The van der Waals surface area contributed by atoms with Crippen molar-refractivity contribution in [3.8, 4) is 0 Å². The van der Waals surface area contributed by atoms with Crippen molar-refractivity contribution < 1.29 is 39.3 Å². The number of aliphatic hydroxyl groups is 1. The maximum absolute atomic E-state index is 12.8. The van der Waals surface area contributed by atoms with Crippen LogP contribution < -0.4 is 27.4 Å². The van der Waals surface area contributed by atoms with Crippen LogP contribution in [-0.4, -0.2) is 81.8 Å². The Morgan fingerprint density at radius 3 is 1.82 bits per heavy atom. The molecule has 0 aromatic heterocycles. The molecular formula is C20H37N5O8. The molecule has 0 rings (SSSR count). The molecule has 0 saturated carbocycles. The number of aliphatic carboxylic acids is 2. The Kier molecular flexibility index (Phi) is 13.9. The van der Waals surface area contributed by atoms with E-state index in [1.54, 1.807) is 13.8 Å². The van der Waals surface area contributed by atoms with E-state index in [1.807, 2.05) is 0 Å². The standard InChI is InChI=1S/C20H37N5O8/c1-10(2)15(24-17(29)12(22)7-8-14(27)28)18(30)25-16(11(3)26)19(31)23-13(20(32)33)6-4-5-9-21/h10-13,15-16,26H,4-9,21-22H2,1-3H3,(H,23,31)(H,24,29)(H,25,30)(H,27,28)(H,32,33). The zero-order valence-corrected chi connectivity index (χ0v) is 19.2. The summed E-state index contributed by atoms with van der Waals surface area (Å²) in [6.45, 7) is 4.87. The number of carbonyl (C=O) groups is 5. The van der Waals surface area contributed by atoms with Gasteiger partial charge in [0.25, 0.3) is 0 Å². The first-order valence-electron chi connectivity index (χ1n) is 10.8. The summed E-state index contributed by atoms with van der Waals surface area (Å²) in [5.41, 5.74) is 11.1. The molecule has 0 bridgehead atoms. The molecule has 0 aliphatic heterocycles. The summed E-state index contributed by atoms with van der Waals surface area (Å²) in [5.74, 6) is -5.26. The molecule has 0 saturated heterocycles. The lowest BCUT2D eigenvalue weighted by atomic mass is 10.0. The average Bonchev–Trinajstić information content (AvgIpc) is 2.72. The van der Waals surface area contributed by atoms with Crippen molar-refractivity contribution in [1.82, 2.24) is 16.0 Å². The predicted molar refractivity (Wildman–Crippen MR) is 118 cm³/mol. The Morgan fingerprint density at radius 2 is 1.36 bits per heavy atom. The predicted octanol–water partition coefficient (Wildman–Crippen LogP) is -2.12. The number of unbranched alkanes of at least 4 members (excludes halogenated alkanes) is 1. The van der Waals surface area contributed by atoms with E-state index in [9.17, 15) is 34.2 Å². The van der Waals surface area contributed by atoms with E-state index in [0.717, 1.165) is 0 Å². The molecule has 0 aliphatic rings. The third kappa shape index (κ3) is 11.6. The number of carbonyl (C=O) groups excluding carboxylic acids is 3. The molecule has 10 N–H and O–H groups in total. The van der Waals surface area contributed by atoms with Crippen molar-refractivity contribution in [3.05, 3.63) is 0 Å².